The molecule has 0 aliphatic carbocycles. The molecule has 3 heteroatoms. The summed E-state index contributed by atoms with van der Waals surface area (Å²) in [5.74, 6) is 0.780. The predicted octanol–water partition coefficient (Wildman–Crippen LogP) is 3.10. The van der Waals surface area contributed by atoms with Gasteiger partial charge in [-0.1, -0.05) is 6.07 Å². The van der Waals surface area contributed by atoms with E-state index in [1.165, 1.54) is 0 Å². The van der Waals surface area contributed by atoms with Crippen LogP contribution in [0.25, 0.3) is 11.5 Å². The third kappa shape index (κ3) is 1.41. The molecule has 0 amide bonds. The summed E-state index contributed by atoms with van der Waals surface area (Å²) in [5.41, 5.74) is 0.850. The molecule has 0 aliphatic heterocycles. The lowest BCUT2D eigenvalue weighted by atomic mass is 10.3. The molecule has 2 aromatic rings. The average Bonchev–Trinajstić information content (AvgIpc) is 2.54. The molecule has 12 heavy (non-hydrogen) atoms. The van der Waals surface area contributed by atoms with Crippen LogP contribution in [0, 0.1) is 0 Å². The molecule has 0 atom stereocenters. The normalized spacial score (nSPS) is 10.1. The molecule has 0 aromatic carbocycles. The van der Waals surface area contributed by atoms with Crippen LogP contribution in [0.3, 0.4) is 0 Å². The molecule has 0 spiro atoms. The smallest absolute Gasteiger partial charge is 0.153 e. The van der Waals surface area contributed by atoms with Gasteiger partial charge in [0.25, 0.3) is 0 Å². The summed E-state index contributed by atoms with van der Waals surface area (Å²) in [7, 11) is 0. The van der Waals surface area contributed by atoms with E-state index in [-0.39, 0.29) is 0 Å². The first-order valence-electron chi connectivity index (χ1n) is 3.52. The van der Waals surface area contributed by atoms with Gasteiger partial charge in [0, 0.05) is 12.3 Å². The molecule has 2 rings (SSSR count). The number of halogens is 1. The maximum Gasteiger partial charge on any atom is 0.153 e. The molecule has 60 valence electrons. The van der Waals surface area contributed by atoms with E-state index >= 15 is 0 Å². The molecule has 0 bridgehead atoms. The van der Waals surface area contributed by atoms with Gasteiger partial charge in [0.05, 0.1) is 4.47 Å². The molecule has 0 fully saturated rings. The van der Waals surface area contributed by atoms with Crippen molar-refractivity contribution in [3.63, 3.8) is 0 Å². The SMILES string of the molecule is Brc1coc(-c2ccccn2)c1. The van der Waals surface area contributed by atoms with E-state index in [4.69, 9.17) is 4.42 Å². The van der Waals surface area contributed by atoms with Crippen molar-refractivity contribution in [1.82, 2.24) is 4.98 Å². The van der Waals surface area contributed by atoms with Crippen molar-refractivity contribution in [3.05, 3.63) is 41.2 Å². The third-order valence-electron chi connectivity index (χ3n) is 1.48. The van der Waals surface area contributed by atoms with Crippen molar-refractivity contribution >= 4 is 15.9 Å². The Labute approximate surface area is 78.4 Å². The zero-order chi connectivity index (χ0) is 8.39. The van der Waals surface area contributed by atoms with Gasteiger partial charge in [-0.3, -0.25) is 4.98 Å². The predicted molar refractivity (Wildman–Crippen MR) is 49.6 cm³/mol. The Bertz CT molecular complexity index is 369. The van der Waals surface area contributed by atoms with Crippen LogP contribution in [0.1, 0.15) is 0 Å². The van der Waals surface area contributed by atoms with Gasteiger partial charge < -0.3 is 4.42 Å². The summed E-state index contributed by atoms with van der Waals surface area (Å²) in [4.78, 5) is 4.15. The van der Waals surface area contributed by atoms with E-state index in [1.807, 2.05) is 24.3 Å². The van der Waals surface area contributed by atoms with Crippen LogP contribution in [0.5, 0.6) is 0 Å². The van der Waals surface area contributed by atoms with Crippen molar-refractivity contribution in [2.45, 2.75) is 0 Å². The Kier molecular flexibility index (Phi) is 1.96. The summed E-state index contributed by atoms with van der Waals surface area (Å²) >= 11 is 3.31. The highest BCUT2D eigenvalue weighted by atomic mass is 79.9. The first-order chi connectivity index (χ1) is 5.86. The third-order valence-corrected chi connectivity index (χ3v) is 1.90. The minimum Gasteiger partial charge on any atom is -0.462 e. The molecule has 0 radical (unpaired) electrons. The number of pyridine rings is 1. The molecule has 0 aliphatic rings. The van der Waals surface area contributed by atoms with Gasteiger partial charge in [-0.05, 0) is 28.1 Å². The minimum absolute atomic E-state index is 0.780. The van der Waals surface area contributed by atoms with Gasteiger partial charge in [0.1, 0.15) is 12.0 Å². The monoisotopic (exact) mass is 223 g/mol. The fourth-order valence-electron chi connectivity index (χ4n) is 0.956. The highest BCUT2D eigenvalue weighted by molar-refractivity contribution is 9.10. The fourth-order valence-corrected chi connectivity index (χ4v) is 1.26. The second-order valence-corrected chi connectivity index (χ2v) is 3.26. The van der Waals surface area contributed by atoms with Crippen LogP contribution in [0.15, 0.2) is 45.6 Å². The molecular weight excluding hydrogens is 218 g/mol. The first kappa shape index (κ1) is 7.55. The fraction of sp³-hybridized carbons (Fsp3) is 0. The molecule has 2 nitrogen and oxygen atoms in total. The number of nitrogens with zero attached hydrogens (tertiary/aromatic N) is 1. The Morgan fingerprint density at radius 2 is 2.25 bits per heavy atom. The Morgan fingerprint density at radius 3 is 2.83 bits per heavy atom. The van der Waals surface area contributed by atoms with E-state index in [2.05, 4.69) is 20.9 Å². The van der Waals surface area contributed by atoms with Crippen molar-refractivity contribution in [2.75, 3.05) is 0 Å². The van der Waals surface area contributed by atoms with Gasteiger partial charge in [-0.25, -0.2) is 0 Å². The van der Waals surface area contributed by atoms with Crippen LogP contribution < -0.4 is 0 Å². The highest BCUT2D eigenvalue weighted by Gasteiger charge is 2.02. The van der Waals surface area contributed by atoms with Gasteiger partial charge in [-0.15, -0.1) is 0 Å². The van der Waals surface area contributed by atoms with Gasteiger partial charge in [0.15, 0.2) is 5.76 Å². The Balaban J connectivity index is 2.45. The lowest BCUT2D eigenvalue weighted by molar-refractivity contribution is 0.578. The molecule has 0 saturated heterocycles. The summed E-state index contributed by atoms with van der Waals surface area (Å²) in [6.07, 6.45) is 3.38. The topological polar surface area (TPSA) is 26.0 Å². The molecule has 2 aromatic heterocycles. The summed E-state index contributed by atoms with van der Waals surface area (Å²) in [5, 5.41) is 0. The highest BCUT2D eigenvalue weighted by Crippen LogP contribution is 2.22. The largest absolute Gasteiger partial charge is 0.462 e. The summed E-state index contributed by atoms with van der Waals surface area (Å²) in [6.45, 7) is 0. The summed E-state index contributed by atoms with van der Waals surface area (Å²) < 4.78 is 6.17. The van der Waals surface area contributed by atoms with E-state index < -0.39 is 0 Å². The zero-order valence-corrected chi connectivity index (χ0v) is 7.78. The van der Waals surface area contributed by atoms with Gasteiger partial charge >= 0.3 is 0 Å². The van der Waals surface area contributed by atoms with E-state index in [1.54, 1.807) is 12.5 Å². The van der Waals surface area contributed by atoms with Crippen molar-refractivity contribution < 1.29 is 4.42 Å². The maximum atomic E-state index is 5.24. The molecule has 0 N–H and O–H groups in total. The van der Waals surface area contributed by atoms with Gasteiger partial charge in [-0.2, -0.15) is 0 Å². The van der Waals surface area contributed by atoms with Crippen LogP contribution in [0.4, 0.5) is 0 Å². The second-order valence-electron chi connectivity index (χ2n) is 2.34. The lowest BCUT2D eigenvalue weighted by Gasteiger charge is -1.91. The van der Waals surface area contributed by atoms with E-state index in [0.29, 0.717) is 0 Å². The van der Waals surface area contributed by atoms with Crippen molar-refractivity contribution in [2.24, 2.45) is 0 Å². The first-order valence-corrected chi connectivity index (χ1v) is 4.31. The van der Waals surface area contributed by atoms with Crippen LogP contribution in [0.2, 0.25) is 0 Å². The number of hydrogen-bond acceptors (Lipinski definition) is 2. The average molecular weight is 224 g/mol. The minimum atomic E-state index is 0.780. The number of rotatable bonds is 1. The Morgan fingerprint density at radius 1 is 1.33 bits per heavy atom. The van der Waals surface area contributed by atoms with Crippen LogP contribution >= 0.6 is 15.9 Å². The number of hydrogen-bond donors (Lipinski definition) is 0. The summed E-state index contributed by atoms with van der Waals surface area (Å²) in [6, 6.07) is 7.61. The lowest BCUT2D eigenvalue weighted by Crippen LogP contribution is -1.76. The molecule has 0 saturated carbocycles. The van der Waals surface area contributed by atoms with E-state index in [9.17, 15) is 0 Å². The number of furan rings is 1. The van der Waals surface area contributed by atoms with Crippen molar-refractivity contribution in [3.8, 4) is 11.5 Å². The Hall–Kier alpha value is -1.09. The quantitative estimate of drug-likeness (QED) is 0.743. The molecule has 0 unspecified atom stereocenters. The standard InChI is InChI=1S/C9H6BrNO/c10-7-5-9(12-6-7)8-3-1-2-4-11-8/h1-6H. The molecule has 2 heterocycles. The van der Waals surface area contributed by atoms with Crippen LogP contribution in [-0.2, 0) is 0 Å². The second kappa shape index (κ2) is 3.11. The number of aromatic nitrogens is 1. The van der Waals surface area contributed by atoms with E-state index in [0.717, 1.165) is 15.9 Å². The maximum absolute atomic E-state index is 5.24. The van der Waals surface area contributed by atoms with Crippen molar-refractivity contribution in [1.29, 1.82) is 0 Å². The van der Waals surface area contributed by atoms with Gasteiger partial charge in [0.2, 0.25) is 0 Å². The molecular formula is C9H6BrNO. The van der Waals surface area contributed by atoms with Crippen LogP contribution in [-0.4, -0.2) is 4.98 Å². The zero-order valence-electron chi connectivity index (χ0n) is 6.20.